The number of carbonyl (C=O) groups is 1. The molecule has 156 valence electrons. The summed E-state index contributed by atoms with van der Waals surface area (Å²) >= 11 is 0. The Kier molecular flexibility index (Phi) is 9.34. The van der Waals surface area contributed by atoms with Crippen molar-refractivity contribution in [1.82, 2.24) is 10.2 Å². The molecule has 1 aromatic carbocycles. The molecule has 0 atom stereocenters. The van der Waals surface area contributed by atoms with E-state index in [-0.39, 0.29) is 35.9 Å². The number of para-hydroxylation sites is 1. The van der Waals surface area contributed by atoms with Gasteiger partial charge in [-0.2, -0.15) is 0 Å². The van der Waals surface area contributed by atoms with E-state index in [1.807, 2.05) is 25.1 Å². The van der Waals surface area contributed by atoms with Crippen LogP contribution in [-0.2, 0) is 16.1 Å². The molecule has 0 unspecified atom stereocenters. The minimum absolute atomic E-state index is 0. The zero-order valence-corrected chi connectivity index (χ0v) is 19.2. The first kappa shape index (κ1) is 22.8. The van der Waals surface area contributed by atoms with Gasteiger partial charge in [-0.05, 0) is 44.6 Å². The second-order valence-electron chi connectivity index (χ2n) is 7.28. The Morgan fingerprint density at radius 2 is 1.93 bits per heavy atom. The van der Waals surface area contributed by atoms with Crippen molar-refractivity contribution < 1.29 is 14.3 Å². The molecule has 3 rings (SSSR count). The Hall–Kier alpha value is -1.51. The lowest BCUT2D eigenvalue weighted by atomic mass is 9.97. The summed E-state index contributed by atoms with van der Waals surface area (Å²) in [6.07, 6.45) is 4.19. The molecule has 0 radical (unpaired) electrons. The Morgan fingerprint density at radius 1 is 1.21 bits per heavy atom. The Bertz CT molecular complexity index is 656. The van der Waals surface area contributed by atoms with Gasteiger partial charge in [0.15, 0.2) is 5.96 Å². The normalized spacial score (nSPS) is 17.6. The average Bonchev–Trinajstić information content (AvgIpc) is 3.53. The van der Waals surface area contributed by atoms with Crippen LogP contribution in [0.25, 0.3) is 0 Å². The summed E-state index contributed by atoms with van der Waals surface area (Å²) in [6, 6.07) is 8.18. The number of aliphatic imine (C=N–C) groups is 1. The van der Waals surface area contributed by atoms with Crippen molar-refractivity contribution in [2.45, 2.75) is 39.2 Å². The number of piperidine rings is 1. The molecular formula is C21H32IN3O3. The average molecular weight is 501 g/mol. The molecule has 0 aromatic heterocycles. The molecule has 0 amide bonds. The maximum atomic E-state index is 11.9. The summed E-state index contributed by atoms with van der Waals surface area (Å²) in [5.41, 5.74) is 1.14. The van der Waals surface area contributed by atoms with E-state index in [0.29, 0.717) is 13.2 Å². The first-order valence-corrected chi connectivity index (χ1v) is 10.0. The van der Waals surface area contributed by atoms with Crippen LogP contribution in [0, 0.1) is 11.8 Å². The molecule has 2 fully saturated rings. The maximum absolute atomic E-state index is 11.9. The van der Waals surface area contributed by atoms with Crippen LogP contribution >= 0.6 is 24.0 Å². The highest BCUT2D eigenvalue weighted by Gasteiger charge is 2.27. The van der Waals surface area contributed by atoms with Gasteiger partial charge in [0.25, 0.3) is 0 Å². The summed E-state index contributed by atoms with van der Waals surface area (Å²) in [7, 11) is 1.80. The van der Waals surface area contributed by atoms with Gasteiger partial charge in [0.05, 0.1) is 19.1 Å². The standard InChI is InChI=1S/C21H31N3O3.HI/c1-3-26-20(25)17-10-12-24(13-11-17)21(22-2)23-14-18-6-4-5-7-19(18)27-15-16-8-9-16;/h4-7,16-17H,3,8-15H2,1-2H3,(H,22,23);1H. The van der Waals surface area contributed by atoms with Gasteiger partial charge in [0.1, 0.15) is 5.75 Å². The summed E-state index contributed by atoms with van der Waals surface area (Å²) in [4.78, 5) is 18.5. The maximum Gasteiger partial charge on any atom is 0.309 e. The number of guanidine groups is 1. The van der Waals surface area contributed by atoms with Crippen LogP contribution < -0.4 is 10.1 Å². The van der Waals surface area contributed by atoms with E-state index in [1.165, 1.54) is 12.8 Å². The molecule has 1 aliphatic heterocycles. The van der Waals surface area contributed by atoms with E-state index >= 15 is 0 Å². The summed E-state index contributed by atoms with van der Waals surface area (Å²) in [5, 5.41) is 3.45. The van der Waals surface area contributed by atoms with Crippen molar-refractivity contribution in [2.75, 3.05) is 33.4 Å². The first-order valence-electron chi connectivity index (χ1n) is 10.0. The molecule has 1 N–H and O–H groups in total. The highest BCUT2D eigenvalue weighted by atomic mass is 127. The largest absolute Gasteiger partial charge is 0.493 e. The highest BCUT2D eigenvalue weighted by molar-refractivity contribution is 14.0. The van der Waals surface area contributed by atoms with Crippen molar-refractivity contribution in [3.05, 3.63) is 29.8 Å². The van der Waals surface area contributed by atoms with E-state index in [4.69, 9.17) is 9.47 Å². The van der Waals surface area contributed by atoms with Crippen molar-refractivity contribution in [3.8, 4) is 5.75 Å². The van der Waals surface area contributed by atoms with Gasteiger partial charge in [-0.15, -0.1) is 24.0 Å². The van der Waals surface area contributed by atoms with Gasteiger partial charge >= 0.3 is 5.97 Å². The zero-order chi connectivity index (χ0) is 19.1. The van der Waals surface area contributed by atoms with Crippen molar-refractivity contribution in [3.63, 3.8) is 0 Å². The van der Waals surface area contributed by atoms with Crippen LogP contribution in [0.4, 0.5) is 0 Å². The highest BCUT2D eigenvalue weighted by Crippen LogP contribution is 2.30. The summed E-state index contributed by atoms with van der Waals surface area (Å²) < 4.78 is 11.1. The minimum Gasteiger partial charge on any atom is -0.493 e. The predicted molar refractivity (Wildman–Crippen MR) is 121 cm³/mol. The molecule has 28 heavy (non-hydrogen) atoms. The van der Waals surface area contributed by atoms with Gasteiger partial charge in [-0.25, -0.2) is 0 Å². The number of rotatable bonds is 7. The second-order valence-corrected chi connectivity index (χ2v) is 7.28. The summed E-state index contributed by atoms with van der Waals surface area (Å²) in [6.45, 7) is 5.40. The molecule has 1 aromatic rings. The van der Waals surface area contributed by atoms with E-state index in [2.05, 4.69) is 21.3 Å². The fraction of sp³-hybridized carbons (Fsp3) is 0.619. The number of nitrogens with zero attached hydrogens (tertiary/aromatic N) is 2. The third-order valence-electron chi connectivity index (χ3n) is 5.21. The number of carbonyl (C=O) groups excluding carboxylic acids is 1. The molecule has 0 bridgehead atoms. The van der Waals surface area contributed by atoms with Crippen molar-refractivity contribution in [1.29, 1.82) is 0 Å². The third-order valence-corrected chi connectivity index (χ3v) is 5.21. The number of ether oxygens (including phenoxy) is 2. The van der Waals surface area contributed by atoms with E-state index in [9.17, 15) is 4.79 Å². The molecule has 6 nitrogen and oxygen atoms in total. The lowest BCUT2D eigenvalue weighted by molar-refractivity contribution is -0.149. The molecule has 1 aliphatic carbocycles. The predicted octanol–water partition coefficient (Wildman–Crippen LogP) is 3.44. The van der Waals surface area contributed by atoms with E-state index in [1.54, 1.807) is 7.05 Å². The van der Waals surface area contributed by atoms with Gasteiger partial charge in [-0.1, -0.05) is 18.2 Å². The third kappa shape index (κ3) is 6.53. The van der Waals surface area contributed by atoms with Crippen LogP contribution in [0.1, 0.15) is 38.2 Å². The van der Waals surface area contributed by atoms with Crippen LogP contribution in [0.5, 0.6) is 5.75 Å². The van der Waals surface area contributed by atoms with Gasteiger partial charge in [-0.3, -0.25) is 9.79 Å². The van der Waals surface area contributed by atoms with Crippen LogP contribution in [-0.4, -0.2) is 50.2 Å². The Balaban J connectivity index is 0.00000280. The van der Waals surface area contributed by atoms with Gasteiger partial charge in [0, 0.05) is 32.2 Å². The first-order chi connectivity index (χ1) is 13.2. The second kappa shape index (κ2) is 11.5. The number of benzene rings is 1. The fourth-order valence-corrected chi connectivity index (χ4v) is 3.38. The Labute approximate surface area is 185 Å². The number of hydrogen-bond acceptors (Lipinski definition) is 4. The smallest absolute Gasteiger partial charge is 0.309 e. The van der Waals surface area contributed by atoms with Crippen LogP contribution in [0.15, 0.2) is 29.3 Å². The topological polar surface area (TPSA) is 63.2 Å². The minimum atomic E-state index is -0.0677. The number of likely N-dealkylation sites (tertiary alicyclic amines) is 1. The molecule has 1 heterocycles. The molecule has 2 aliphatic rings. The monoisotopic (exact) mass is 501 g/mol. The molecule has 1 saturated heterocycles. The fourth-order valence-electron chi connectivity index (χ4n) is 3.38. The summed E-state index contributed by atoms with van der Waals surface area (Å²) in [5.74, 6) is 2.50. The van der Waals surface area contributed by atoms with E-state index < -0.39 is 0 Å². The number of hydrogen-bond donors (Lipinski definition) is 1. The van der Waals surface area contributed by atoms with Crippen LogP contribution in [0.3, 0.4) is 0 Å². The quantitative estimate of drug-likeness (QED) is 0.269. The zero-order valence-electron chi connectivity index (χ0n) is 16.9. The lowest BCUT2D eigenvalue weighted by Gasteiger charge is -2.33. The van der Waals surface area contributed by atoms with Crippen molar-refractivity contribution in [2.24, 2.45) is 16.8 Å². The lowest BCUT2D eigenvalue weighted by Crippen LogP contribution is -2.46. The number of esters is 1. The Morgan fingerprint density at radius 3 is 2.57 bits per heavy atom. The van der Waals surface area contributed by atoms with Crippen molar-refractivity contribution >= 4 is 35.9 Å². The number of halogens is 1. The SMILES string of the molecule is CCOC(=O)C1CCN(C(=NC)NCc2ccccc2OCC2CC2)CC1.I. The molecule has 1 saturated carbocycles. The van der Waals surface area contributed by atoms with Crippen LogP contribution in [0.2, 0.25) is 0 Å². The number of nitrogens with one attached hydrogen (secondary N) is 1. The van der Waals surface area contributed by atoms with Gasteiger partial charge in [0.2, 0.25) is 0 Å². The van der Waals surface area contributed by atoms with E-state index in [0.717, 1.165) is 55.7 Å². The molecule has 0 spiro atoms. The molecular weight excluding hydrogens is 469 g/mol. The van der Waals surface area contributed by atoms with Gasteiger partial charge < -0.3 is 19.7 Å². The molecule has 7 heteroatoms.